The Hall–Kier alpha value is -2.57. The molecule has 1 N–H and O–H groups in total. The molecule has 2 aliphatic heterocycles. The van der Waals surface area contributed by atoms with Crippen molar-refractivity contribution in [2.24, 2.45) is 0 Å². The fourth-order valence-corrected chi connectivity index (χ4v) is 2.74. The number of ether oxygens (including phenoxy) is 1. The van der Waals surface area contributed by atoms with E-state index in [9.17, 15) is 14.4 Å². The standard InChI is InChI=1S/C16H19N3O4/c1-10-15(21)17-13-4-3-12(9-14(13)23-10)16(22)19-7-5-18(6-8-19)11(2)20/h3-4,9-10H,5-8H2,1-2H3,(H,17,21). The number of amides is 3. The number of hydrogen-bond acceptors (Lipinski definition) is 4. The summed E-state index contributed by atoms with van der Waals surface area (Å²) >= 11 is 0. The van der Waals surface area contributed by atoms with Crippen molar-refractivity contribution in [1.29, 1.82) is 0 Å². The summed E-state index contributed by atoms with van der Waals surface area (Å²) in [6.45, 7) is 5.33. The van der Waals surface area contributed by atoms with Crippen molar-refractivity contribution >= 4 is 23.4 Å². The Bertz CT molecular complexity index is 665. The number of piperazine rings is 1. The second-order valence-corrected chi connectivity index (χ2v) is 5.76. The Morgan fingerprint density at radius 3 is 2.48 bits per heavy atom. The molecule has 23 heavy (non-hydrogen) atoms. The van der Waals surface area contributed by atoms with Crippen molar-refractivity contribution in [3.8, 4) is 5.75 Å². The van der Waals surface area contributed by atoms with Crippen LogP contribution >= 0.6 is 0 Å². The van der Waals surface area contributed by atoms with Crippen LogP contribution in [-0.2, 0) is 9.59 Å². The fraction of sp³-hybridized carbons (Fsp3) is 0.438. The lowest BCUT2D eigenvalue weighted by molar-refractivity contribution is -0.130. The Morgan fingerprint density at radius 2 is 1.83 bits per heavy atom. The molecule has 1 saturated heterocycles. The predicted octanol–water partition coefficient (Wildman–Crippen LogP) is 0.710. The van der Waals surface area contributed by atoms with Gasteiger partial charge in [0.25, 0.3) is 11.8 Å². The number of benzene rings is 1. The van der Waals surface area contributed by atoms with Crippen molar-refractivity contribution in [3.05, 3.63) is 23.8 Å². The van der Waals surface area contributed by atoms with E-state index in [1.165, 1.54) is 6.92 Å². The van der Waals surface area contributed by atoms with Gasteiger partial charge >= 0.3 is 0 Å². The number of anilines is 1. The fourth-order valence-electron chi connectivity index (χ4n) is 2.74. The molecule has 3 rings (SSSR count). The van der Waals surface area contributed by atoms with Crippen LogP contribution in [0.4, 0.5) is 5.69 Å². The normalized spacial score (nSPS) is 20.4. The average molecular weight is 317 g/mol. The number of carbonyl (C=O) groups excluding carboxylic acids is 3. The summed E-state index contributed by atoms with van der Waals surface area (Å²) in [5.41, 5.74) is 1.09. The number of fused-ring (bicyclic) bond motifs is 1. The number of carbonyl (C=O) groups is 3. The molecule has 7 nitrogen and oxygen atoms in total. The van der Waals surface area contributed by atoms with E-state index >= 15 is 0 Å². The molecule has 0 spiro atoms. The molecule has 1 aromatic carbocycles. The highest BCUT2D eigenvalue weighted by molar-refractivity contribution is 6.00. The largest absolute Gasteiger partial charge is 0.479 e. The van der Waals surface area contributed by atoms with E-state index in [0.717, 1.165) is 0 Å². The molecule has 0 aliphatic carbocycles. The first-order chi connectivity index (χ1) is 11.0. The van der Waals surface area contributed by atoms with Gasteiger partial charge in [0, 0.05) is 38.7 Å². The predicted molar refractivity (Wildman–Crippen MR) is 83.3 cm³/mol. The number of nitrogens with one attached hydrogen (secondary N) is 1. The number of rotatable bonds is 1. The topological polar surface area (TPSA) is 79.0 Å². The lowest BCUT2D eigenvalue weighted by Gasteiger charge is -2.34. The highest BCUT2D eigenvalue weighted by Crippen LogP contribution is 2.31. The zero-order valence-electron chi connectivity index (χ0n) is 13.2. The van der Waals surface area contributed by atoms with Crippen LogP contribution < -0.4 is 10.1 Å². The van der Waals surface area contributed by atoms with Crippen LogP contribution in [0.25, 0.3) is 0 Å². The van der Waals surface area contributed by atoms with Crippen LogP contribution in [0.2, 0.25) is 0 Å². The summed E-state index contributed by atoms with van der Waals surface area (Å²) in [7, 11) is 0. The third kappa shape index (κ3) is 2.99. The molecule has 1 fully saturated rings. The molecule has 0 bridgehead atoms. The Morgan fingerprint density at radius 1 is 1.17 bits per heavy atom. The van der Waals surface area contributed by atoms with Crippen LogP contribution in [0.5, 0.6) is 5.75 Å². The van der Waals surface area contributed by atoms with Gasteiger partial charge in [0.1, 0.15) is 5.75 Å². The minimum Gasteiger partial charge on any atom is -0.479 e. The van der Waals surface area contributed by atoms with Gasteiger partial charge in [0.15, 0.2) is 6.10 Å². The second kappa shape index (κ2) is 5.91. The van der Waals surface area contributed by atoms with Gasteiger partial charge in [-0.05, 0) is 25.1 Å². The van der Waals surface area contributed by atoms with E-state index in [1.807, 2.05) is 0 Å². The zero-order valence-corrected chi connectivity index (χ0v) is 13.2. The zero-order chi connectivity index (χ0) is 16.6. The quantitative estimate of drug-likeness (QED) is 0.827. The van der Waals surface area contributed by atoms with Gasteiger partial charge in [-0.3, -0.25) is 14.4 Å². The summed E-state index contributed by atoms with van der Waals surface area (Å²) in [4.78, 5) is 38.9. The Labute approximate surface area is 134 Å². The molecule has 1 unspecified atom stereocenters. The summed E-state index contributed by atoms with van der Waals surface area (Å²) in [5.74, 6) is 0.246. The maximum Gasteiger partial charge on any atom is 0.265 e. The Balaban J connectivity index is 1.73. The van der Waals surface area contributed by atoms with Crippen LogP contribution in [0, 0.1) is 0 Å². The van der Waals surface area contributed by atoms with Crippen molar-refractivity contribution in [3.63, 3.8) is 0 Å². The SMILES string of the molecule is CC(=O)N1CCN(C(=O)c2ccc3c(c2)OC(C)C(=O)N3)CC1. The molecule has 122 valence electrons. The molecular weight excluding hydrogens is 298 g/mol. The van der Waals surface area contributed by atoms with E-state index in [4.69, 9.17) is 4.74 Å². The van der Waals surface area contributed by atoms with E-state index in [0.29, 0.717) is 43.2 Å². The van der Waals surface area contributed by atoms with E-state index < -0.39 is 6.10 Å². The molecule has 1 atom stereocenters. The smallest absolute Gasteiger partial charge is 0.265 e. The first kappa shape index (κ1) is 15.3. The first-order valence-corrected chi connectivity index (χ1v) is 7.62. The monoisotopic (exact) mass is 317 g/mol. The molecule has 0 radical (unpaired) electrons. The van der Waals surface area contributed by atoms with Gasteiger partial charge in [-0.15, -0.1) is 0 Å². The van der Waals surface area contributed by atoms with Crippen LogP contribution in [0.1, 0.15) is 24.2 Å². The summed E-state index contributed by atoms with van der Waals surface area (Å²) in [6.07, 6.45) is -0.577. The van der Waals surface area contributed by atoms with Crippen LogP contribution in [0.3, 0.4) is 0 Å². The van der Waals surface area contributed by atoms with Crippen molar-refractivity contribution in [1.82, 2.24) is 9.80 Å². The number of hydrogen-bond donors (Lipinski definition) is 1. The van der Waals surface area contributed by atoms with Gasteiger partial charge in [0.05, 0.1) is 5.69 Å². The van der Waals surface area contributed by atoms with Gasteiger partial charge in [0.2, 0.25) is 5.91 Å². The molecule has 2 heterocycles. The highest BCUT2D eigenvalue weighted by atomic mass is 16.5. The minimum absolute atomic E-state index is 0.0315. The minimum atomic E-state index is -0.577. The van der Waals surface area contributed by atoms with E-state index in [1.54, 1.807) is 34.9 Å². The molecule has 0 saturated carbocycles. The number of nitrogens with zero attached hydrogens (tertiary/aromatic N) is 2. The molecule has 0 aromatic heterocycles. The third-order valence-electron chi connectivity index (χ3n) is 4.17. The maximum atomic E-state index is 12.6. The molecular formula is C16H19N3O4. The highest BCUT2D eigenvalue weighted by Gasteiger charge is 2.27. The summed E-state index contributed by atoms with van der Waals surface area (Å²) < 4.78 is 5.54. The van der Waals surface area contributed by atoms with E-state index in [2.05, 4.69) is 5.32 Å². The Kier molecular flexibility index (Phi) is 3.94. The van der Waals surface area contributed by atoms with Gasteiger partial charge in [-0.1, -0.05) is 0 Å². The molecule has 2 aliphatic rings. The van der Waals surface area contributed by atoms with Gasteiger partial charge < -0.3 is 19.9 Å². The summed E-state index contributed by atoms with van der Waals surface area (Å²) in [5, 5.41) is 2.74. The van der Waals surface area contributed by atoms with Gasteiger partial charge in [-0.25, -0.2) is 0 Å². The lowest BCUT2D eigenvalue weighted by atomic mass is 10.1. The first-order valence-electron chi connectivity index (χ1n) is 7.62. The van der Waals surface area contributed by atoms with Crippen LogP contribution in [-0.4, -0.2) is 59.8 Å². The maximum absolute atomic E-state index is 12.6. The van der Waals surface area contributed by atoms with Crippen LogP contribution in [0.15, 0.2) is 18.2 Å². The lowest BCUT2D eigenvalue weighted by Crippen LogP contribution is -2.50. The third-order valence-corrected chi connectivity index (χ3v) is 4.17. The molecule has 1 aromatic rings. The van der Waals surface area contributed by atoms with Crippen molar-refractivity contribution in [2.75, 3.05) is 31.5 Å². The molecule has 3 amide bonds. The van der Waals surface area contributed by atoms with Crippen molar-refractivity contribution in [2.45, 2.75) is 20.0 Å². The van der Waals surface area contributed by atoms with Crippen molar-refractivity contribution < 1.29 is 19.1 Å². The average Bonchev–Trinajstić information content (AvgIpc) is 2.55. The second-order valence-electron chi connectivity index (χ2n) is 5.76. The van der Waals surface area contributed by atoms with Gasteiger partial charge in [-0.2, -0.15) is 0 Å². The van der Waals surface area contributed by atoms with E-state index in [-0.39, 0.29) is 17.7 Å². The summed E-state index contributed by atoms with van der Waals surface area (Å²) in [6, 6.07) is 5.02. The molecule has 7 heteroatoms.